The van der Waals surface area contributed by atoms with E-state index < -0.39 is 10.0 Å². The number of hydrogen-bond donors (Lipinski definition) is 0. The average Bonchev–Trinajstić information content (AvgIpc) is 2.01. The van der Waals surface area contributed by atoms with Crippen LogP contribution in [0.5, 0.6) is 0 Å². The van der Waals surface area contributed by atoms with Crippen LogP contribution in [-0.4, -0.2) is 21.7 Å². The zero-order valence-electron chi connectivity index (χ0n) is 8.28. The quantitative estimate of drug-likeness (QED) is 0.780. The Kier molecular flexibility index (Phi) is 3.41. The topological polar surface area (TPSA) is 37.4 Å². The Hall–Kier alpha value is -0.300. The SMILES string of the molecule is Cc1cccc(I)c1N(C)S(C)(=O)=O. The highest BCUT2D eigenvalue weighted by molar-refractivity contribution is 14.1. The first kappa shape index (κ1) is 11.8. The third-order valence-corrected chi connectivity index (χ3v) is 4.05. The highest BCUT2D eigenvalue weighted by Crippen LogP contribution is 2.26. The number of anilines is 1. The van der Waals surface area contributed by atoms with Crippen LogP contribution in [0.25, 0.3) is 0 Å². The number of benzene rings is 1. The number of halogens is 1. The summed E-state index contributed by atoms with van der Waals surface area (Å²) in [5, 5.41) is 0. The molecule has 14 heavy (non-hydrogen) atoms. The van der Waals surface area contributed by atoms with Gasteiger partial charge in [-0.25, -0.2) is 8.42 Å². The fraction of sp³-hybridized carbons (Fsp3) is 0.333. The van der Waals surface area contributed by atoms with Crippen molar-refractivity contribution in [3.8, 4) is 0 Å². The third kappa shape index (κ3) is 2.38. The zero-order valence-corrected chi connectivity index (χ0v) is 11.3. The molecule has 78 valence electrons. The summed E-state index contributed by atoms with van der Waals surface area (Å²) in [7, 11) is -1.60. The van der Waals surface area contributed by atoms with E-state index in [0.29, 0.717) is 0 Å². The number of hydrogen-bond acceptors (Lipinski definition) is 2. The van der Waals surface area contributed by atoms with Gasteiger partial charge in [-0.05, 0) is 41.1 Å². The monoisotopic (exact) mass is 325 g/mol. The van der Waals surface area contributed by atoms with Crippen LogP contribution in [0.1, 0.15) is 5.56 Å². The van der Waals surface area contributed by atoms with E-state index in [4.69, 9.17) is 0 Å². The van der Waals surface area contributed by atoms with Gasteiger partial charge in [0.15, 0.2) is 0 Å². The predicted molar refractivity (Wildman–Crippen MR) is 67.1 cm³/mol. The lowest BCUT2D eigenvalue weighted by molar-refractivity contribution is 0.600. The van der Waals surface area contributed by atoms with Crippen molar-refractivity contribution >= 4 is 38.3 Å². The molecule has 0 saturated carbocycles. The van der Waals surface area contributed by atoms with Gasteiger partial charge in [-0.15, -0.1) is 0 Å². The van der Waals surface area contributed by atoms with Crippen molar-refractivity contribution < 1.29 is 8.42 Å². The Morgan fingerprint density at radius 2 is 1.93 bits per heavy atom. The minimum absolute atomic E-state index is 0.760. The molecular formula is C9H12INO2S. The summed E-state index contributed by atoms with van der Waals surface area (Å²) in [6.07, 6.45) is 1.20. The maximum absolute atomic E-state index is 11.4. The molecule has 0 aliphatic carbocycles. The molecule has 3 nitrogen and oxygen atoms in total. The summed E-state index contributed by atoms with van der Waals surface area (Å²) in [6, 6.07) is 5.71. The summed E-state index contributed by atoms with van der Waals surface area (Å²) in [4.78, 5) is 0. The Balaban J connectivity index is 3.33. The molecule has 0 aromatic heterocycles. The fourth-order valence-corrected chi connectivity index (χ4v) is 2.92. The molecule has 0 radical (unpaired) electrons. The van der Waals surface area contributed by atoms with E-state index in [1.54, 1.807) is 7.05 Å². The van der Waals surface area contributed by atoms with Gasteiger partial charge in [-0.3, -0.25) is 4.31 Å². The minimum atomic E-state index is -3.17. The lowest BCUT2D eigenvalue weighted by Gasteiger charge is -2.20. The largest absolute Gasteiger partial charge is 0.272 e. The van der Waals surface area contributed by atoms with Crippen molar-refractivity contribution in [3.63, 3.8) is 0 Å². The van der Waals surface area contributed by atoms with Gasteiger partial charge in [0.1, 0.15) is 0 Å². The summed E-state index contributed by atoms with van der Waals surface area (Å²) in [5.74, 6) is 0. The average molecular weight is 325 g/mol. The number of nitrogens with zero attached hydrogens (tertiary/aromatic N) is 1. The smallest absolute Gasteiger partial charge is 0.232 e. The predicted octanol–water partition coefficient (Wildman–Crippen LogP) is 2.00. The Morgan fingerprint density at radius 3 is 2.36 bits per heavy atom. The molecule has 0 bridgehead atoms. The van der Waals surface area contributed by atoms with Crippen LogP contribution in [0, 0.1) is 10.5 Å². The van der Waals surface area contributed by atoms with Crippen LogP contribution in [0.3, 0.4) is 0 Å². The highest BCUT2D eigenvalue weighted by Gasteiger charge is 2.16. The van der Waals surface area contributed by atoms with Gasteiger partial charge in [-0.2, -0.15) is 0 Å². The van der Waals surface area contributed by atoms with Crippen molar-refractivity contribution in [2.45, 2.75) is 6.92 Å². The van der Waals surface area contributed by atoms with Gasteiger partial charge < -0.3 is 0 Å². The van der Waals surface area contributed by atoms with E-state index in [-0.39, 0.29) is 0 Å². The third-order valence-electron chi connectivity index (χ3n) is 2.00. The van der Waals surface area contributed by atoms with E-state index in [0.717, 1.165) is 14.8 Å². The van der Waals surface area contributed by atoms with Crippen LogP contribution in [-0.2, 0) is 10.0 Å². The molecule has 0 saturated heterocycles. The van der Waals surface area contributed by atoms with Gasteiger partial charge >= 0.3 is 0 Å². The van der Waals surface area contributed by atoms with Crippen LogP contribution in [0.4, 0.5) is 5.69 Å². The second-order valence-corrected chi connectivity index (χ2v) is 6.31. The first-order valence-electron chi connectivity index (χ1n) is 4.03. The first-order valence-corrected chi connectivity index (χ1v) is 6.96. The standard InChI is InChI=1S/C9H12INO2S/c1-7-5-4-6-8(10)9(7)11(2)14(3,12)13/h4-6H,1-3H3. The second-order valence-electron chi connectivity index (χ2n) is 3.14. The molecule has 0 N–H and O–H groups in total. The zero-order chi connectivity index (χ0) is 10.9. The number of rotatable bonds is 2. The van der Waals surface area contributed by atoms with E-state index in [9.17, 15) is 8.42 Å². The van der Waals surface area contributed by atoms with Gasteiger partial charge in [-0.1, -0.05) is 12.1 Å². The molecule has 0 aliphatic rings. The van der Waals surface area contributed by atoms with Crippen molar-refractivity contribution in [2.75, 3.05) is 17.6 Å². The van der Waals surface area contributed by atoms with Gasteiger partial charge in [0, 0.05) is 10.6 Å². The van der Waals surface area contributed by atoms with Crippen molar-refractivity contribution in [3.05, 3.63) is 27.3 Å². The lowest BCUT2D eigenvalue weighted by Crippen LogP contribution is -2.26. The summed E-state index contributed by atoms with van der Waals surface area (Å²) in [5.41, 5.74) is 1.72. The molecule has 0 spiro atoms. The second kappa shape index (κ2) is 4.06. The van der Waals surface area contributed by atoms with E-state index >= 15 is 0 Å². The Morgan fingerprint density at radius 1 is 1.36 bits per heavy atom. The van der Waals surface area contributed by atoms with Gasteiger partial charge in [0.05, 0.1) is 11.9 Å². The summed E-state index contributed by atoms with van der Waals surface area (Å²) >= 11 is 2.14. The Bertz CT molecular complexity index is 422. The van der Waals surface area contributed by atoms with Crippen LogP contribution in [0.2, 0.25) is 0 Å². The van der Waals surface area contributed by atoms with Crippen molar-refractivity contribution in [1.29, 1.82) is 0 Å². The van der Waals surface area contributed by atoms with Gasteiger partial charge in [0.25, 0.3) is 0 Å². The molecule has 0 aliphatic heterocycles. The molecule has 1 aromatic rings. The highest BCUT2D eigenvalue weighted by atomic mass is 127. The molecule has 0 amide bonds. The maximum atomic E-state index is 11.4. The van der Waals surface area contributed by atoms with E-state index in [1.807, 2.05) is 25.1 Å². The Labute approximate surface area is 98.3 Å². The summed E-state index contributed by atoms with van der Waals surface area (Å²) < 4.78 is 25.0. The number of aryl methyl sites for hydroxylation is 1. The molecule has 0 heterocycles. The van der Waals surface area contributed by atoms with E-state index in [2.05, 4.69) is 22.6 Å². The molecule has 1 rings (SSSR count). The van der Waals surface area contributed by atoms with E-state index in [1.165, 1.54) is 10.6 Å². The minimum Gasteiger partial charge on any atom is -0.272 e. The maximum Gasteiger partial charge on any atom is 0.232 e. The van der Waals surface area contributed by atoms with Crippen molar-refractivity contribution in [2.24, 2.45) is 0 Å². The molecule has 5 heteroatoms. The molecule has 0 fully saturated rings. The normalized spacial score (nSPS) is 11.4. The lowest BCUT2D eigenvalue weighted by atomic mass is 10.2. The first-order chi connectivity index (χ1) is 6.34. The molecule has 1 aromatic carbocycles. The number of para-hydroxylation sites is 1. The number of sulfonamides is 1. The molecular weight excluding hydrogens is 313 g/mol. The molecule has 0 atom stereocenters. The van der Waals surface area contributed by atoms with Crippen LogP contribution >= 0.6 is 22.6 Å². The van der Waals surface area contributed by atoms with Crippen molar-refractivity contribution in [1.82, 2.24) is 0 Å². The fourth-order valence-electron chi connectivity index (χ4n) is 1.19. The van der Waals surface area contributed by atoms with Gasteiger partial charge in [0.2, 0.25) is 10.0 Å². The van der Waals surface area contributed by atoms with Crippen LogP contribution in [0.15, 0.2) is 18.2 Å². The molecule has 0 unspecified atom stereocenters. The van der Waals surface area contributed by atoms with Crippen LogP contribution < -0.4 is 4.31 Å². The summed E-state index contributed by atoms with van der Waals surface area (Å²) in [6.45, 7) is 1.90.